The van der Waals surface area contributed by atoms with Crippen molar-refractivity contribution in [3.05, 3.63) is 35.1 Å². The maximum atomic E-state index is 13.6. The molecule has 0 aromatic heterocycles. The number of halogens is 1. The first-order valence-electron chi connectivity index (χ1n) is 6.74. The van der Waals surface area contributed by atoms with Crippen LogP contribution in [0, 0.1) is 12.7 Å². The summed E-state index contributed by atoms with van der Waals surface area (Å²) in [6.07, 6.45) is 0.875. The second kappa shape index (κ2) is 7.58. The Balaban J connectivity index is 2.65. The third-order valence-corrected chi connectivity index (χ3v) is 3.73. The molecule has 2 unspecified atom stereocenters. The molecule has 1 aromatic rings. The van der Waals surface area contributed by atoms with E-state index in [2.05, 4.69) is 10.2 Å². The van der Waals surface area contributed by atoms with Crippen LogP contribution in [0.15, 0.2) is 18.2 Å². The zero-order chi connectivity index (χ0) is 14.4. The molecule has 1 rings (SSSR count). The lowest BCUT2D eigenvalue weighted by atomic mass is 10.0. The molecule has 3 nitrogen and oxygen atoms in total. The lowest BCUT2D eigenvalue weighted by Crippen LogP contribution is -2.34. The Labute approximate surface area is 115 Å². The van der Waals surface area contributed by atoms with Gasteiger partial charge in [-0.05, 0) is 51.6 Å². The van der Waals surface area contributed by atoms with Gasteiger partial charge in [-0.2, -0.15) is 0 Å². The predicted molar refractivity (Wildman–Crippen MR) is 76.7 cm³/mol. The average molecular weight is 268 g/mol. The summed E-state index contributed by atoms with van der Waals surface area (Å²) in [7, 11) is 3.88. The van der Waals surface area contributed by atoms with Crippen molar-refractivity contribution in [3.8, 4) is 0 Å². The van der Waals surface area contributed by atoms with Crippen LogP contribution in [0.4, 0.5) is 4.39 Å². The van der Waals surface area contributed by atoms with Gasteiger partial charge in [-0.1, -0.05) is 12.1 Å². The Morgan fingerprint density at radius 2 is 2.11 bits per heavy atom. The summed E-state index contributed by atoms with van der Waals surface area (Å²) in [5.41, 5.74) is 1.64. The summed E-state index contributed by atoms with van der Waals surface area (Å²) in [6, 6.07) is 5.66. The van der Waals surface area contributed by atoms with E-state index in [-0.39, 0.29) is 24.5 Å². The predicted octanol–water partition coefficient (Wildman–Crippen LogP) is 2.10. The van der Waals surface area contributed by atoms with E-state index >= 15 is 0 Å². The molecule has 0 radical (unpaired) electrons. The monoisotopic (exact) mass is 268 g/mol. The molecule has 0 heterocycles. The number of aryl methyl sites for hydroxylation is 1. The van der Waals surface area contributed by atoms with Crippen LogP contribution < -0.4 is 5.32 Å². The molecule has 0 aliphatic rings. The van der Waals surface area contributed by atoms with Crippen molar-refractivity contribution in [2.45, 2.75) is 32.4 Å². The van der Waals surface area contributed by atoms with Gasteiger partial charge >= 0.3 is 0 Å². The van der Waals surface area contributed by atoms with E-state index in [4.69, 9.17) is 5.11 Å². The van der Waals surface area contributed by atoms with Crippen molar-refractivity contribution in [2.75, 3.05) is 27.2 Å². The summed E-state index contributed by atoms with van der Waals surface area (Å²) in [6.45, 7) is 4.76. The fourth-order valence-corrected chi connectivity index (χ4v) is 2.00. The zero-order valence-electron chi connectivity index (χ0n) is 12.3. The second-order valence-electron chi connectivity index (χ2n) is 5.15. The molecule has 19 heavy (non-hydrogen) atoms. The molecule has 4 heteroatoms. The largest absolute Gasteiger partial charge is 0.395 e. The maximum absolute atomic E-state index is 13.6. The number of benzene rings is 1. The quantitative estimate of drug-likeness (QED) is 0.795. The maximum Gasteiger partial charge on any atom is 0.126 e. The lowest BCUT2D eigenvalue weighted by molar-refractivity contribution is 0.154. The first kappa shape index (κ1) is 16.1. The summed E-state index contributed by atoms with van der Waals surface area (Å²) >= 11 is 0. The molecule has 1 aromatic carbocycles. The lowest BCUT2D eigenvalue weighted by Gasteiger charge is -2.25. The van der Waals surface area contributed by atoms with Crippen molar-refractivity contribution in [1.29, 1.82) is 0 Å². The van der Waals surface area contributed by atoms with E-state index in [0.29, 0.717) is 5.56 Å². The zero-order valence-corrected chi connectivity index (χ0v) is 12.3. The highest BCUT2D eigenvalue weighted by atomic mass is 19.1. The molecule has 0 fully saturated rings. The molecule has 0 saturated heterocycles. The van der Waals surface area contributed by atoms with Crippen LogP contribution in [0.2, 0.25) is 0 Å². The number of hydrogen-bond acceptors (Lipinski definition) is 3. The SMILES string of the molecule is CNC(CCN(C)C(C)CO)c1ccc(C)c(F)c1. The van der Waals surface area contributed by atoms with Gasteiger partial charge in [-0.25, -0.2) is 4.39 Å². The Morgan fingerprint density at radius 1 is 1.42 bits per heavy atom. The van der Waals surface area contributed by atoms with Crippen molar-refractivity contribution in [3.63, 3.8) is 0 Å². The van der Waals surface area contributed by atoms with Crippen LogP contribution in [0.25, 0.3) is 0 Å². The number of nitrogens with one attached hydrogen (secondary N) is 1. The first-order valence-corrected chi connectivity index (χ1v) is 6.74. The molecular formula is C15H25FN2O. The van der Waals surface area contributed by atoms with E-state index in [1.54, 1.807) is 13.0 Å². The molecule has 0 saturated carbocycles. The highest BCUT2D eigenvalue weighted by Crippen LogP contribution is 2.19. The number of nitrogens with zero attached hydrogens (tertiary/aromatic N) is 1. The summed E-state index contributed by atoms with van der Waals surface area (Å²) in [5, 5.41) is 12.3. The van der Waals surface area contributed by atoms with Crippen LogP contribution >= 0.6 is 0 Å². The van der Waals surface area contributed by atoms with Gasteiger partial charge in [0.2, 0.25) is 0 Å². The van der Waals surface area contributed by atoms with E-state index in [1.165, 1.54) is 0 Å². The molecule has 2 N–H and O–H groups in total. The van der Waals surface area contributed by atoms with Crippen LogP contribution in [-0.4, -0.2) is 43.3 Å². The molecule has 0 bridgehead atoms. The molecule has 2 atom stereocenters. The van der Waals surface area contributed by atoms with Crippen LogP contribution in [0.5, 0.6) is 0 Å². The Morgan fingerprint density at radius 3 is 2.63 bits per heavy atom. The summed E-state index contributed by atoms with van der Waals surface area (Å²) in [5.74, 6) is -0.158. The molecular weight excluding hydrogens is 243 g/mol. The number of aliphatic hydroxyl groups excluding tert-OH is 1. The summed E-state index contributed by atoms with van der Waals surface area (Å²) < 4.78 is 13.6. The van der Waals surface area contributed by atoms with Gasteiger partial charge in [0, 0.05) is 18.6 Å². The van der Waals surface area contributed by atoms with Crippen LogP contribution in [0.3, 0.4) is 0 Å². The molecule has 0 spiro atoms. The van der Waals surface area contributed by atoms with E-state index in [9.17, 15) is 4.39 Å². The van der Waals surface area contributed by atoms with Crippen molar-refractivity contribution in [2.24, 2.45) is 0 Å². The summed E-state index contributed by atoms with van der Waals surface area (Å²) in [4.78, 5) is 2.11. The van der Waals surface area contributed by atoms with Crippen molar-refractivity contribution in [1.82, 2.24) is 10.2 Å². The fourth-order valence-electron chi connectivity index (χ4n) is 2.00. The third-order valence-electron chi connectivity index (χ3n) is 3.73. The second-order valence-corrected chi connectivity index (χ2v) is 5.15. The van der Waals surface area contributed by atoms with Gasteiger partial charge in [0.1, 0.15) is 5.82 Å². The van der Waals surface area contributed by atoms with Gasteiger partial charge in [0.25, 0.3) is 0 Å². The standard InChI is InChI=1S/C15H25FN2O/c1-11-5-6-13(9-14(11)16)15(17-3)7-8-18(4)12(2)10-19/h5-6,9,12,15,17,19H,7-8,10H2,1-4H3. The van der Waals surface area contributed by atoms with E-state index in [1.807, 2.05) is 33.2 Å². The van der Waals surface area contributed by atoms with Crippen molar-refractivity contribution < 1.29 is 9.50 Å². The number of aliphatic hydroxyl groups is 1. The number of rotatable bonds is 7. The molecule has 0 aliphatic carbocycles. The molecule has 0 amide bonds. The van der Waals surface area contributed by atoms with Crippen molar-refractivity contribution >= 4 is 0 Å². The van der Waals surface area contributed by atoms with Gasteiger partial charge < -0.3 is 15.3 Å². The normalized spacial score (nSPS) is 14.7. The Hall–Kier alpha value is -0.970. The van der Waals surface area contributed by atoms with E-state index in [0.717, 1.165) is 18.5 Å². The van der Waals surface area contributed by atoms with Crippen LogP contribution in [-0.2, 0) is 0 Å². The highest BCUT2D eigenvalue weighted by Gasteiger charge is 2.14. The van der Waals surface area contributed by atoms with Crippen LogP contribution in [0.1, 0.15) is 30.5 Å². The minimum Gasteiger partial charge on any atom is -0.395 e. The Bertz CT molecular complexity index is 398. The smallest absolute Gasteiger partial charge is 0.126 e. The first-order chi connectivity index (χ1) is 8.99. The van der Waals surface area contributed by atoms with Gasteiger partial charge in [0.05, 0.1) is 6.61 Å². The minimum absolute atomic E-state index is 0.128. The van der Waals surface area contributed by atoms with Gasteiger partial charge in [-0.15, -0.1) is 0 Å². The highest BCUT2D eigenvalue weighted by molar-refractivity contribution is 5.25. The number of likely N-dealkylation sites (N-methyl/N-ethyl adjacent to an activating group) is 1. The fraction of sp³-hybridized carbons (Fsp3) is 0.600. The van der Waals surface area contributed by atoms with E-state index < -0.39 is 0 Å². The molecule has 0 aliphatic heterocycles. The Kier molecular flexibility index (Phi) is 6.42. The molecule has 108 valence electrons. The third kappa shape index (κ3) is 4.56. The van der Waals surface area contributed by atoms with Gasteiger partial charge in [0.15, 0.2) is 0 Å². The topological polar surface area (TPSA) is 35.5 Å². The van der Waals surface area contributed by atoms with Gasteiger partial charge in [-0.3, -0.25) is 0 Å². The average Bonchev–Trinajstić information content (AvgIpc) is 2.42. The minimum atomic E-state index is -0.158. The number of hydrogen-bond donors (Lipinski definition) is 2.